The average Bonchev–Trinajstić information content (AvgIpc) is 2.53. The number of fused-ring (bicyclic) bond motifs is 1. The maximum atomic E-state index is 12.8. The number of aryl methyl sites for hydroxylation is 1. The van der Waals surface area contributed by atoms with Crippen LogP contribution in [0.2, 0.25) is 0 Å². The van der Waals surface area contributed by atoms with Crippen LogP contribution in [0, 0.1) is 6.92 Å². The van der Waals surface area contributed by atoms with Gasteiger partial charge in [-0.2, -0.15) is 0 Å². The van der Waals surface area contributed by atoms with E-state index in [9.17, 15) is 4.79 Å². The quantitative estimate of drug-likeness (QED) is 0.837. The molecular weight excluding hydrogens is 262 g/mol. The Labute approximate surface area is 125 Å². The first-order valence-corrected chi connectivity index (χ1v) is 7.33. The molecule has 1 aliphatic heterocycles. The highest BCUT2D eigenvalue weighted by Gasteiger charge is 2.29. The molecule has 1 heterocycles. The number of benzene rings is 2. The number of amides is 1. The van der Waals surface area contributed by atoms with Gasteiger partial charge < -0.3 is 9.64 Å². The molecule has 3 rings (SSSR count). The third-order valence-corrected chi connectivity index (χ3v) is 3.80. The van der Waals surface area contributed by atoms with Crippen LogP contribution in [0.15, 0.2) is 48.5 Å². The highest BCUT2D eigenvalue weighted by atomic mass is 16.5. The van der Waals surface area contributed by atoms with Crippen LogP contribution < -0.4 is 9.64 Å². The van der Waals surface area contributed by atoms with E-state index in [0.29, 0.717) is 6.54 Å². The van der Waals surface area contributed by atoms with Crippen LogP contribution in [0.1, 0.15) is 29.3 Å². The van der Waals surface area contributed by atoms with Crippen molar-refractivity contribution >= 4 is 11.6 Å². The number of nitrogens with zero attached hydrogens (tertiary/aromatic N) is 1. The average molecular weight is 281 g/mol. The Hall–Kier alpha value is -2.29. The molecule has 1 unspecified atom stereocenters. The first-order chi connectivity index (χ1) is 10.2. The second kappa shape index (κ2) is 5.60. The summed E-state index contributed by atoms with van der Waals surface area (Å²) in [6, 6.07) is 15.5. The maximum absolute atomic E-state index is 12.8. The summed E-state index contributed by atoms with van der Waals surface area (Å²) in [5, 5.41) is 0. The monoisotopic (exact) mass is 281 g/mol. The highest BCUT2D eigenvalue weighted by Crippen LogP contribution is 2.34. The molecule has 0 saturated carbocycles. The zero-order valence-electron chi connectivity index (χ0n) is 12.4. The Morgan fingerprint density at radius 1 is 1.24 bits per heavy atom. The van der Waals surface area contributed by atoms with Crippen molar-refractivity contribution in [1.82, 2.24) is 0 Å². The molecule has 2 aromatic carbocycles. The number of anilines is 1. The van der Waals surface area contributed by atoms with E-state index >= 15 is 0 Å². The van der Waals surface area contributed by atoms with Crippen molar-refractivity contribution in [3.8, 4) is 5.75 Å². The minimum absolute atomic E-state index is 0.0351. The number of carbonyl (C=O) groups excluding carboxylic acids is 1. The number of para-hydroxylation sites is 2. The van der Waals surface area contributed by atoms with Gasteiger partial charge >= 0.3 is 0 Å². The molecule has 0 saturated heterocycles. The molecule has 108 valence electrons. The molecular formula is C18H19NO2. The minimum Gasteiger partial charge on any atom is -0.486 e. The zero-order chi connectivity index (χ0) is 14.8. The predicted octanol–water partition coefficient (Wildman–Crippen LogP) is 3.81. The van der Waals surface area contributed by atoms with Crippen LogP contribution >= 0.6 is 0 Å². The molecule has 0 fully saturated rings. The lowest BCUT2D eigenvalue weighted by atomic mass is 10.1. The van der Waals surface area contributed by atoms with Crippen molar-refractivity contribution < 1.29 is 9.53 Å². The first kappa shape index (κ1) is 13.7. The second-order valence-electron chi connectivity index (χ2n) is 5.40. The molecule has 2 aromatic rings. The molecule has 1 amide bonds. The van der Waals surface area contributed by atoms with E-state index in [0.717, 1.165) is 29.0 Å². The molecule has 0 spiro atoms. The molecule has 0 N–H and O–H groups in total. The number of rotatable bonds is 2. The van der Waals surface area contributed by atoms with E-state index in [-0.39, 0.29) is 12.0 Å². The van der Waals surface area contributed by atoms with Gasteiger partial charge in [-0.3, -0.25) is 4.79 Å². The summed E-state index contributed by atoms with van der Waals surface area (Å²) in [6.07, 6.45) is 0.931. The normalized spacial score (nSPS) is 17.0. The van der Waals surface area contributed by atoms with Crippen molar-refractivity contribution in [3.05, 3.63) is 59.7 Å². The number of hydrogen-bond acceptors (Lipinski definition) is 2. The Balaban J connectivity index is 1.99. The lowest BCUT2D eigenvalue weighted by Gasteiger charge is -2.34. The van der Waals surface area contributed by atoms with Gasteiger partial charge in [0.2, 0.25) is 0 Å². The summed E-state index contributed by atoms with van der Waals surface area (Å²) in [5.41, 5.74) is 2.67. The summed E-state index contributed by atoms with van der Waals surface area (Å²) in [4.78, 5) is 14.7. The van der Waals surface area contributed by atoms with E-state index in [1.165, 1.54) is 0 Å². The van der Waals surface area contributed by atoms with Crippen molar-refractivity contribution in [3.63, 3.8) is 0 Å². The largest absolute Gasteiger partial charge is 0.486 e. The maximum Gasteiger partial charge on any atom is 0.258 e. The van der Waals surface area contributed by atoms with Gasteiger partial charge in [0.1, 0.15) is 11.9 Å². The fourth-order valence-electron chi connectivity index (χ4n) is 2.64. The summed E-state index contributed by atoms with van der Waals surface area (Å²) >= 11 is 0. The van der Waals surface area contributed by atoms with Gasteiger partial charge in [0.25, 0.3) is 5.91 Å². The molecule has 21 heavy (non-hydrogen) atoms. The predicted molar refractivity (Wildman–Crippen MR) is 84.0 cm³/mol. The van der Waals surface area contributed by atoms with Crippen molar-refractivity contribution in [2.24, 2.45) is 0 Å². The van der Waals surface area contributed by atoms with E-state index in [1.54, 1.807) is 0 Å². The SMILES string of the molecule is CCC1CN(C(=O)c2cccc(C)c2)c2ccccc2O1. The Kier molecular flexibility index (Phi) is 3.65. The van der Waals surface area contributed by atoms with Gasteiger partial charge in [-0.25, -0.2) is 0 Å². The van der Waals surface area contributed by atoms with E-state index < -0.39 is 0 Å². The number of carbonyl (C=O) groups is 1. The van der Waals surface area contributed by atoms with Crippen LogP contribution in [0.4, 0.5) is 5.69 Å². The van der Waals surface area contributed by atoms with Crippen molar-refractivity contribution in [1.29, 1.82) is 0 Å². The minimum atomic E-state index is 0.0351. The van der Waals surface area contributed by atoms with Gasteiger partial charge in [0.15, 0.2) is 0 Å². The zero-order valence-corrected chi connectivity index (χ0v) is 12.4. The molecule has 0 aromatic heterocycles. The first-order valence-electron chi connectivity index (χ1n) is 7.33. The van der Waals surface area contributed by atoms with Gasteiger partial charge in [-0.15, -0.1) is 0 Å². The molecule has 0 aliphatic carbocycles. The molecule has 3 heteroatoms. The fraction of sp³-hybridized carbons (Fsp3) is 0.278. The summed E-state index contributed by atoms with van der Waals surface area (Å²) < 4.78 is 5.93. The third kappa shape index (κ3) is 2.64. The Morgan fingerprint density at radius 3 is 2.81 bits per heavy atom. The van der Waals surface area contributed by atoms with Crippen LogP contribution in [0.3, 0.4) is 0 Å². The van der Waals surface area contributed by atoms with Gasteiger partial charge in [0.05, 0.1) is 12.2 Å². The molecule has 0 radical (unpaired) electrons. The number of ether oxygens (including phenoxy) is 1. The van der Waals surface area contributed by atoms with E-state index in [4.69, 9.17) is 4.74 Å². The summed E-state index contributed by atoms with van der Waals surface area (Å²) in [7, 11) is 0. The molecule has 1 aliphatic rings. The van der Waals surface area contributed by atoms with Crippen LogP contribution in [-0.4, -0.2) is 18.6 Å². The van der Waals surface area contributed by atoms with Crippen LogP contribution in [-0.2, 0) is 0 Å². The van der Waals surface area contributed by atoms with Gasteiger partial charge in [-0.1, -0.05) is 36.8 Å². The standard InChI is InChI=1S/C18H19NO2/c1-3-15-12-19(16-9-4-5-10-17(16)21-15)18(20)14-8-6-7-13(2)11-14/h4-11,15H,3,12H2,1-2H3. The Morgan fingerprint density at radius 2 is 2.05 bits per heavy atom. The third-order valence-electron chi connectivity index (χ3n) is 3.80. The Bertz CT molecular complexity index is 666. The molecule has 3 nitrogen and oxygen atoms in total. The lowest BCUT2D eigenvalue weighted by Crippen LogP contribution is -2.43. The second-order valence-corrected chi connectivity index (χ2v) is 5.40. The summed E-state index contributed by atoms with van der Waals surface area (Å²) in [5.74, 6) is 0.824. The number of hydrogen-bond donors (Lipinski definition) is 0. The highest BCUT2D eigenvalue weighted by molar-refractivity contribution is 6.07. The summed E-state index contributed by atoms with van der Waals surface area (Å²) in [6.45, 7) is 4.67. The molecule has 1 atom stereocenters. The topological polar surface area (TPSA) is 29.5 Å². The van der Waals surface area contributed by atoms with Crippen LogP contribution in [0.25, 0.3) is 0 Å². The van der Waals surface area contributed by atoms with E-state index in [2.05, 4.69) is 6.92 Å². The van der Waals surface area contributed by atoms with Gasteiger partial charge in [-0.05, 0) is 37.6 Å². The smallest absolute Gasteiger partial charge is 0.258 e. The molecule has 0 bridgehead atoms. The fourth-order valence-corrected chi connectivity index (χ4v) is 2.64. The van der Waals surface area contributed by atoms with Crippen molar-refractivity contribution in [2.45, 2.75) is 26.4 Å². The van der Waals surface area contributed by atoms with Crippen molar-refractivity contribution in [2.75, 3.05) is 11.4 Å². The lowest BCUT2D eigenvalue weighted by molar-refractivity contribution is 0.0954. The van der Waals surface area contributed by atoms with E-state index in [1.807, 2.05) is 60.4 Å². The van der Waals surface area contributed by atoms with Crippen LogP contribution in [0.5, 0.6) is 5.75 Å². The van der Waals surface area contributed by atoms with Gasteiger partial charge in [0, 0.05) is 5.56 Å².